The molecule has 0 aromatic rings. The SMILES string of the molecule is CC1CCCC(NC(=O)C2(CN)CCCCCC2)C1. The summed E-state index contributed by atoms with van der Waals surface area (Å²) < 4.78 is 0. The fourth-order valence-corrected chi connectivity index (χ4v) is 3.83. The van der Waals surface area contributed by atoms with Crippen LogP contribution in [-0.4, -0.2) is 18.5 Å². The molecule has 0 aromatic heterocycles. The average molecular weight is 266 g/mol. The van der Waals surface area contributed by atoms with Gasteiger partial charge in [0, 0.05) is 12.6 Å². The van der Waals surface area contributed by atoms with Crippen molar-refractivity contribution >= 4 is 5.91 Å². The lowest BCUT2D eigenvalue weighted by molar-refractivity contribution is -0.132. The highest BCUT2D eigenvalue weighted by atomic mass is 16.2. The Morgan fingerprint density at radius 3 is 2.42 bits per heavy atom. The first-order valence-electron chi connectivity index (χ1n) is 8.17. The highest BCUT2D eigenvalue weighted by molar-refractivity contribution is 5.83. The van der Waals surface area contributed by atoms with E-state index >= 15 is 0 Å². The Morgan fingerprint density at radius 2 is 1.84 bits per heavy atom. The Labute approximate surface area is 117 Å². The maximum absolute atomic E-state index is 12.7. The van der Waals surface area contributed by atoms with Gasteiger partial charge in [-0.15, -0.1) is 0 Å². The first-order chi connectivity index (χ1) is 9.16. The van der Waals surface area contributed by atoms with Crippen LogP contribution >= 0.6 is 0 Å². The number of rotatable bonds is 3. The third-order valence-corrected chi connectivity index (χ3v) is 5.20. The molecule has 0 radical (unpaired) electrons. The summed E-state index contributed by atoms with van der Waals surface area (Å²) in [6, 6.07) is 0.392. The molecule has 110 valence electrons. The van der Waals surface area contributed by atoms with Gasteiger partial charge in [0.25, 0.3) is 0 Å². The molecule has 2 rings (SSSR count). The molecule has 3 nitrogen and oxygen atoms in total. The Hall–Kier alpha value is -0.570. The van der Waals surface area contributed by atoms with Gasteiger partial charge in [-0.2, -0.15) is 0 Å². The van der Waals surface area contributed by atoms with Crippen LogP contribution in [0.25, 0.3) is 0 Å². The highest BCUT2D eigenvalue weighted by Crippen LogP contribution is 2.35. The molecule has 0 bridgehead atoms. The van der Waals surface area contributed by atoms with Gasteiger partial charge in [0.1, 0.15) is 0 Å². The molecule has 2 aliphatic rings. The fourth-order valence-electron chi connectivity index (χ4n) is 3.83. The van der Waals surface area contributed by atoms with Crippen LogP contribution in [0.4, 0.5) is 0 Å². The number of carbonyl (C=O) groups is 1. The van der Waals surface area contributed by atoms with Crippen LogP contribution in [0.2, 0.25) is 0 Å². The minimum Gasteiger partial charge on any atom is -0.353 e. The molecule has 0 aliphatic heterocycles. The van der Waals surface area contributed by atoms with Gasteiger partial charge < -0.3 is 11.1 Å². The first-order valence-corrected chi connectivity index (χ1v) is 8.17. The third kappa shape index (κ3) is 3.71. The minimum atomic E-state index is -0.267. The topological polar surface area (TPSA) is 55.1 Å². The molecule has 3 N–H and O–H groups in total. The number of hydrogen-bond acceptors (Lipinski definition) is 2. The van der Waals surface area contributed by atoms with E-state index in [9.17, 15) is 4.79 Å². The molecule has 0 saturated heterocycles. The number of amides is 1. The summed E-state index contributed by atoms with van der Waals surface area (Å²) in [5.74, 6) is 0.998. The number of nitrogens with two attached hydrogens (primary N) is 1. The Bertz CT molecular complexity index is 295. The second-order valence-electron chi connectivity index (χ2n) is 6.84. The van der Waals surface area contributed by atoms with E-state index in [4.69, 9.17) is 5.73 Å². The van der Waals surface area contributed by atoms with Crippen molar-refractivity contribution in [1.29, 1.82) is 0 Å². The summed E-state index contributed by atoms with van der Waals surface area (Å²) in [6.07, 6.45) is 11.7. The third-order valence-electron chi connectivity index (χ3n) is 5.20. The van der Waals surface area contributed by atoms with E-state index in [0.717, 1.165) is 44.4 Å². The zero-order valence-corrected chi connectivity index (χ0v) is 12.4. The molecule has 3 heteroatoms. The average Bonchev–Trinajstić information content (AvgIpc) is 2.65. The van der Waals surface area contributed by atoms with Gasteiger partial charge in [0.05, 0.1) is 5.41 Å². The van der Waals surface area contributed by atoms with Crippen molar-refractivity contribution in [2.24, 2.45) is 17.1 Å². The van der Waals surface area contributed by atoms with Crippen molar-refractivity contribution in [1.82, 2.24) is 5.32 Å². The van der Waals surface area contributed by atoms with Crippen LogP contribution in [0.1, 0.15) is 71.1 Å². The predicted molar refractivity (Wildman–Crippen MR) is 78.8 cm³/mol. The number of carbonyl (C=O) groups excluding carboxylic acids is 1. The first kappa shape index (κ1) is 14.8. The molecule has 2 unspecified atom stereocenters. The summed E-state index contributed by atoms with van der Waals surface area (Å²) in [5, 5.41) is 3.32. The fraction of sp³-hybridized carbons (Fsp3) is 0.938. The molecule has 1 amide bonds. The van der Waals surface area contributed by atoms with Crippen LogP contribution in [0.3, 0.4) is 0 Å². The number of nitrogens with one attached hydrogen (secondary N) is 1. The van der Waals surface area contributed by atoms with Gasteiger partial charge in [-0.1, -0.05) is 45.4 Å². The lowest BCUT2D eigenvalue weighted by Crippen LogP contribution is -2.50. The van der Waals surface area contributed by atoms with Gasteiger partial charge in [0.15, 0.2) is 0 Å². The minimum absolute atomic E-state index is 0.246. The van der Waals surface area contributed by atoms with Crippen molar-refractivity contribution in [2.75, 3.05) is 6.54 Å². The maximum Gasteiger partial charge on any atom is 0.227 e. The monoisotopic (exact) mass is 266 g/mol. The largest absolute Gasteiger partial charge is 0.353 e. The molecule has 19 heavy (non-hydrogen) atoms. The zero-order valence-electron chi connectivity index (χ0n) is 12.4. The van der Waals surface area contributed by atoms with Crippen molar-refractivity contribution in [3.8, 4) is 0 Å². The summed E-state index contributed by atoms with van der Waals surface area (Å²) in [5.41, 5.74) is 5.71. The Morgan fingerprint density at radius 1 is 1.16 bits per heavy atom. The number of hydrogen-bond donors (Lipinski definition) is 2. The highest BCUT2D eigenvalue weighted by Gasteiger charge is 2.38. The second-order valence-corrected chi connectivity index (χ2v) is 6.84. The van der Waals surface area contributed by atoms with Crippen LogP contribution in [0.5, 0.6) is 0 Å². The molecule has 0 spiro atoms. The molecule has 2 aliphatic carbocycles. The molecule has 2 atom stereocenters. The van der Waals surface area contributed by atoms with Crippen molar-refractivity contribution < 1.29 is 4.79 Å². The molecule has 0 aromatic carbocycles. The normalized spacial score (nSPS) is 31.5. The van der Waals surface area contributed by atoms with Crippen LogP contribution in [0.15, 0.2) is 0 Å². The standard InChI is InChI=1S/C16H30N2O/c1-13-7-6-8-14(11-13)18-15(19)16(12-17)9-4-2-3-5-10-16/h13-14H,2-12,17H2,1H3,(H,18,19). The van der Waals surface area contributed by atoms with E-state index in [0.29, 0.717) is 12.6 Å². The van der Waals surface area contributed by atoms with Gasteiger partial charge >= 0.3 is 0 Å². The van der Waals surface area contributed by atoms with E-state index < -0.39 is 0 Å². The molecule has 0 heterocycles. The Kier molecular flexibility index (Phi) is 5.26. The molecule has 2 saturated carbocycles. The summed E-state index contributed by atoms with van der Waals surface area (Å²) in [6.45, 7) is 2.81. The quantitative estimate of drug-likeness (QED) is 0.772. The van der Waals surface area contributed by atoms with E-state index in [-0.39, 0.29) is 11.3 Å². The van der Waals surface area contributed by atoms with Crippen molar-refractivity contribution in [3.63, 3.8) is 0 Å². The summed E-state index contributed by atoms with van der Waals surface area (Å²) >= 11 is 0. The molecular formula is C16H30N2O. The van der Waals surface area contributed by atoms with Crippen LogP contribution < -0.4 is 11.1 Å². The van der Waals surface area contributed by atoms with E-state index in [1.807, 2.05) is 0 Å². The maximum atomic E-state index is 12.7. The second kappa shape index (κ2) is 6.74. The summed E-state index contributed by atoms with van der Waals surface area (Å²) in [4.78, 5) is 12.7. The van der Waals surface area contributed by atoms with E-state index in [1.54, 1.807) is 0 Å². The summed E-state index contributed by atoms with van der Waals surface area (Å²) in [7, 11) is 0. The zero-order chi connectivity index (χ0) is 13.7. The van der Waals surface area contributed by atoms with E-state index in [2.05, 4.69) is 12.2 Å². The lowest BCUT2D eigenvalue weighted by Gasteiger charge is -2.34. The van der Waals surface area contributed by atoms with Gasteiger partial charge in [-0.3, -0.25) is 4.79 Å². The Balaban J connectivity index is 1.95. The van der Waals surface area contributed by atoms with E-state index in [1.165, 1.54) is 25.7 Å². The van der Waals surface area contributed by atoms with Gasteiger partial charge in [0.2, 0.25) is 5.91 Å². The van der Waals surface area contributed by atoms with Crippen LogP contribution in [-0.2, 0) is 4.79 Å². The van der Waals surface area contributed by atoms with Crippen LogP contribution in [0, 0.1) is 11.3 Å². The van der Waals surface area contributed by atoms with Crippen molar-refractivity contribution in [2.45, 2.75) is 77.2 Å². The van der Waals surface area contributed by atoms with Gasteiger partial charge in [-0.05, 0) is 31.6 Å². The lowest BCUT2D eigenvalue weighted by atomic mass is 9.78. The predicted octanol–water partition coefficient (Wildman–Crippen LogP) is 2.98. The molecule has 2 fully saturated rings. The van der Waals surface area contributed by atoms with Crippen molar-refractivity contribution in [3.05, 3.63) is 0 Å². The molecular weight excluding hydrogens is 236 g/mol. The smallest absolute Gasteiger partial charge is 0.227 e. The van der Waals surface area contributed by atoms with Gasteiger partial charge in [-0.25, -0.2) is 0 Å².